The third kappa shape index (κ3) is 4.68. The second kappa shape index (κ2) is 9.82. The van der Waals surface area contributed by atoms with E-state index in [1.165, 1.54) is 7.11 Å². The van der Waals surface area contributed by atoms with E-state index in [1.54, 1.807) is 26.2 Å². The fourth-order valence-corrected chi connectivity index (χ4v) is 3.79. The summed E-state index contributed by atoms with van der Waals surface area (Å²) >= 11 is 0. The summed E-state index contributed by atoms with van der Waals surface area (Å²) in [4.78, 5) is 30.0. The third-order valence-electron chi connectivity index (χ3n) is 5.37. The zero-order chi connectivity index (χ0) is 21.7. The number of likely N-dealkylation sites (N-methyl/N-ethyl adjacent to an activating group) is 1. The van der Waals surface area contributed by atoms with Crippen molar-refractivity contribution in [2.75, 3.05) is 60.6 Å². The van der Waals surface area contributed by atoms with Gasteiger partial charge in [-0.15, -0.1) is 0 Å². The average Bonchev–Trinajstić information content (AvgIpc) is 2.74. The Morgan fingerprint density at radius 2 is 1.90 bits per heavy atom. The minimum Gasteiger partial charge on any atom is -0.493 e. The van der Waals surface area contributed by atoms with E-state index in [2.05, 4.69) is 27.5 Å². The molecule has 0 aromatic heterocycles. The van der Waals surface area contributed by atoms with Crippen LogP contribution in [-0.4, -0.2) is 82.4 Å². The Labute approximate surface area is 176 Å². The molecule has 0 spiro atoms. The Morgan fingerprint density at radius 3 is 2.53 bits per heavy atom. The Morgan fingerprint density at radius 1 is 1.17 bits per heavy atom. The van der Waals surface area contributed by atoms with E-state index in [4.69, 9.17) is 14.2 Å². The summed E-state index contributed by atoms with van der Waals surface area (Å²) in [5.41, 5.74) is 1.56. The highest BCUT2D eigenvalue weighted by molar-refractivity contribution is 5.95. The number of hydrogen-bond donors (Lipinski definition) is 2. The molecule has 2 aliphatic rings. The number of amides is 2. The van der Waals surface area contributed by atoms with E-state index < -0.39 is 12.0 Å². The third-order valence-corrected chi connectivity index (χ3v) is 5.37. The van der Waals surface area contributed by atoms with Gasteiger partial charge in [-0.1, -0.05) is 12.1 Å². The Kier molecular flexibility index (Phi) is 7.17. The first kappa shape index (κ1) is 21.9. The fourth-order valence-electron chi connectivity index (χ4n) is 3.79. The zero-order valence-electron chi connectivity index (χ0n) is 18.0. The van der Waals surface area contributed by atoms with Crippen LogP contribution < -0.4 is 20.1 Å². The van der Waals surface area contributed by atoms with Gasteiger partial charge in [0.15, 0.2) is 11.5 Å². The molecule has 0 saturated carbocycles. The lowest BCUT2D eigenvalue weighted by Crippen LogP contribution is -2.51. The van der Waals surface area contributed by atoms with E-state index in [-0.39, 0.29) is 12.6 Å². The van der Waals surface area contributed by atoms with E-state index in [1.807, 2.05) is 6.07 Å². The van der Waals surface area contributed by atoms with Crippen LogP contribution in [0.2, 0.25) is 0 Å². The minimum absolute atomic E-state index is 0.236. The second-order valence-corrected chi connectivity index (χ2v) is 7.31. The quantitative estimate of drug-likeness (QED) is 0.641. The van der Waals surface area contributed by atoms with E-state index in [0.717, 1.165) is 26.2 Å². The molecule has 9 nitrogen and oxygen atoms in total. The molecule has 2 amide bonds. The lowest BCUT2D eigenvalue weighted by atomic mass is 9.93. The van der Waals surface area contributed by atoms with Crippen LogP contribution in [0, 0.1) is 0 Å². The predicted octanol–water partition coefficient (Wildman–Crippen LogP) is 1.12. The summed E-state index contributed by atoms with van der Waals surface area (Å²) in [5, 5.41) is 5.68. The van der Waals surface area contributed by atoms with Crippen LogP contribution in [0.15, 0.2) is 29.5 Å². The lowest BCUT2D eigenvalue weighted by Gasteiger charge is -2.36. The van der Waals surface area contributed by atoms with Gasteiger partial charge in [-0.3, -0.25) is 4.90 Å². The van der Waals surface area contributed by atoms with Crippen molar-refractivity contribution in [1.82, 2.24) is 20.4 Å². The maximum atomic E-state index is 13.0. The summed E-state index contributed by atoms with van der Waals surface area (Å²) in [6.45, 7) is 6.02. The number of hydrogen-bond acceptors (Lipinski definition) is 7. The van der Waals surface area contributed by atoms with E-state index in [0.29, 0.717) is 34.9 Å². The molecule has 1 saturated heterocycles. The smallest absolute Gasteiger partial charge is 0.338 e. The SMILES string of the molecule is CCOC(=O)C1=C(CN2CCN(C)CC2)NC(=O)NC1c1cccc(OC)c1OC. The largest absolute Gasteiger partial charge is 0.493 e. The number of benzene rings is 1. The molecule has 0 bridgehead atoms. The molecule has 2 aliphatic heterocycles. The monoisotopic (exact) mass is 418 g/mol. The molecular weight excluding hydrogens is 388 g/mol. The van der Waals surface area contributed by atoms with Crippen molar-refractivity contribution < 1.29 is 23.8 Å². The normalized spacial score (nSPS) is 20.4. The number of nitrogens with zero attached hydrogens (tertiary/aromatic N) is 2. The van der Waals surface area contributed by atoms with Crippen molar-refractivity contribution in [3.8, 4) is 11.5 Å². The molecule has 1 unspecified atom stereocenters. The number of para-hydroxylation sites is 1. The number of carbonyl (C=O) groups is 2. The summed E-state index contributed by atoms with van der Waals surface area (Å²) < 4.78 is 16.3. The molecule has 1 fully saturated rings. The molecule has 164 valence electrons. The predicted molar refractivity (Wildman–Crippen MR) is 112 cm³/mol. The molecular formula is C21H30N4O5. The minimum atomic E-state index is -0.717. The van der Waals surface area contributed by atoms with Crippen LogP contribution in [0.4, 0.5) is 4.79 Å². The van der Waals surface area contributed by atoms with Crippen molar-refractivity contribution >= 4 is 12.0 Å². The summed E-state index contributed by atoms with van der Waals surface area (Å²) in [7, 11) is 5.16. The first-order valence-corrected chi connectivity index (χ1v) is 10.1. The number of urea groups is 1. The van der Waals surface area contributed by atoms with Gasteiger partial charge in [-0.2, -0.15) is 0 Å². The summed E-state index contributed by atoms with van der Waals surface area (Å²) in [5.74, 6) is 0.517. The first-order chi connectivity index (χ1) is 14.5. The molecule has 1 aromatic rings. The highest BCUT2D eigenvalue weighted by atomic mass is 16.5. The Hall–Kier alpha value is -2.78. The molecule has 1 aromatic carbocycles. The number of ether oxygens (including phenoxy) is 3. The van der Waals surface area contributed by atoms with Crippen molar-refractivity contribution in [2.24, 2.45) is 0 Å². The second-order valence-electron chi connectivity index (χ2n) is 7.31. The molecule has 30 heavy (non-hydrogen) atoms. The average molecular weight is 418 g/mol. The van der Waals surface area contributed by atoms with Gasteiger partial charge in [0.05, 0.1) is 32.4 Å². The number of esters is 1. The molecule has 2 heterocycles. The molecule has 1 atom stereocenters. The maximum Gasteiger partial charge on any atom is 0.338 e. The van der Waals surface area contributed by atoms with Gasteiger partial charge in [0.1, 0.15) is 0 Å². The zero-order valence-corrected chi connectivity index (χ0v) is 18.0. The Balaban J connectivity index is 2.04. The highest BCUT2D eigenvalue weighted by Gasteiger charge is 2.36. The number of rotatable bonds is 7. The van der Waals surface area contributed by atoms with Crippen LogP contribution in [0.5, 0.6) is 11.5 Å². The molecule has 0 radical (unpaired) electrons. The van der Waals surface area contributed by atoms with Gasteiger partial charge in [0, 0.05) is 44.0 Å². The highest BCUT2D eigenvalue weighted by Crippen LogP contribution is 2.39. The number of piperazine rings is 1. The molecule has 9 heteroatoms. The van der Waals surface area contributed by atoms with Crippen molar-refractivity contribution in [1.29, 1.82) is 0 Å². The van der Waals surface area contributed by atoms with Gasteiger partial charge in [0.25, 0.3) is 0 Å². The van der Waals surface area contributed by atoms with Gasteiger partial charge >= 0.3 is 12.0 Å². The van der Waals surface area contributed by atoms with Crippen molar-refractivity contribution in [3.63, 3.8) is 0 Å². The van der Waals surface area contributed by atoms with Crippen molar-refractivity contribution in [2.45, 2.75) is 13.0 Å². The van der Waals surface area contributed by atoms with Gasteiger partial charge in [-0.25, -0.2) is 9.59 Å². The van der Waals surface area contributed by atoms with Crippen LogP contribution in [0.3, 0.4) is 0 Å². The van der Waals surface area contributed by atoms with Crippen LogP contribution in [0.25, 0.3) is 0 Å². The maximum absolute atomic E-state index is 13.0. The van der Waals surface area contributed by atoms with Crippen molar-refractivity contribution in [3.05, 3.63) is 35.0 Å². The van der Waals surface area contributed by atoms with Gasteiger partial charge < -0.3 is 29.7 Å². The number of nitrogens with one attached hydrogen (secondary N) is 2. The van der Waals surface area contributed by atoms with Gasteiger partial charge in [0.2, 0.25) is 0 Å². The number of methoxy groups -OCH3 is 2. The van der Waals surface area contributed by atoms with Crippen LogP contribution in [0.1, 0.15) is 18.5 Å². The standard InChI is InChI=1S/C21H30N4O5/c1-5-30-20(26)17-15(13-25-11-9-24(2)10-12-25)22-21(27)23-18(17)14-7-6-8-16(28-3)19(14)29-4/h6-8,18H,5,9-13H2,1-4H3,(H2,22,23,27). The summed E-state index contributed by atoms with van der Waals surface area (Å²) in [6.07, 6.45) is 0. The first-order valence-electron chi connectivity index (χ1n) is 10.1. The topological polar surface area (TPSA) is 92.4 Å². The van der Waals surface area contributed by atoms with E-state index in [9.17, 15) is 9.59 Å². The lowest BCUT2D eigenvalue weighted by molar-refractivity contribution is -0.139. The van der Waals surface area contributed by atoms with Crippen LogP contribution in [-0.2, 0) is 9.53 Å². The van der Waals surface area contributed by atoms with E-state index >= 15 is 0 Å². The van der Waals surface area contributed by atoms with Gasteiger partial charge in [-0.05, 0) is 20.0 Å². The summed E-state index contributed by atoms with van der Waals surface area (Å²) in [6, 6.07) is 4.29. The molecule has 2 N–H and O–H groups in total. The number of carbonyl (C=O) groups excluding carboxylic acids is 2. The fraction of sp³-hybridized carbons (Fsp3) is 0.524. The Bertz CT molecular complexity index is 818. The van der Waals surface area contributed by atoms with Crippen LogP contribution >= 0.6 is 0 Å². The molecule has 0 aliphatic carbocycles. The molecule has 3 rings (SSSR count).